The number of pyridine rings is 1. The quantitative estimate of drug-likeness (QED) is 0.556. The van der Waals surface area contributed by atoms with E-state index in [1.54, 1.807) is 25.1 Å². The van der Waals surface area contributed by atoms with E-state index in [2.05, 4.69) is 15.4 Å². The number of hydrogen-bond acceptors (Lipinski definition) is 7. The van der Waals surface area contributed by atoms with Crippen LogP contribution < -0.4 is 15.8 Å². The number of rotatable bonds is 7. The lowest BCUT2D eigenvalue weighted by Gasteiger charge is -2.23. The summed E-state index contributed by atoms with van der Waals surface area (Å²) in [7, 11) is 5.08. The Balaban J connectivity index is 1.79. The van der Waals surface area contributed by atoms with Gasteiger partial charge < -0.3 is 24.4 Å². The van der Waals surface area contributed by atoms with Crippen molar-refractivity contribution >= 4 is 29.1 Å². The molecule has 0 radical (unpaired) electrons. The van der Waals surface area contributed by atoms with Gasteiger partial charge >= 0.3 is 0 Å². The highest BCUT2D eigenvalue weighted by Crippen LogP contribution is 2.25. The molecule has 0 bridgehead atoms. The second kappa shape index (κ2) is 8.62. The molecular weight excluding hydrogens is 433 g/mol. The van der Waals surface area contributed by atoms with E-state index in [1.165, 1.54) is 33.2 Å². The minimum absolute atomic E-state index is 0.0890. The second-order valence-electron chi connectivity index (χ2n) is 8.03. The zero-order chi connectivity index (χ0) is 23.9. The van der Waals surface area contributed by atoms with Crippen LogP contribution in [0.15, 0.2) is 29.2 Å². The number of nitrogens with zero attached hydrogens (tertiary/aromatic N) is 6. The fourth-order valence-electron chi connectivity index (χ4n) is 3.81. The Morgan fingerprint density at radius 3 is 2.73 bits per heavy atom. The zero-order valence-electron chi connectivity index (χ0n) is 18.7. The maximum absolute atomic E-state index is 13.3. The van der Waals surface area contributed by atoms with Crippen molar-refractivity contribution in [3.63, 3.8) is 0 Å². The highest BCUT2D eigenvalue weighted by molar-refractivity contribution is 5.98. The molecule has 2 amide bonds. The van der Waals surface area contributed by atoms with Gasteiger partial charge in [-0.25, -0.2) is 9.37 Å². The van der Waals surface area contributed by atoms with E-state index in [-0.39, 0.29) is 42.1 Å². The van der Waals surface area contributed by atoms with Crippen LogP contribution in [-0.4, -0.2) is 69.7 Å². The first-order chi connectivity index (χ1) is 15.7. The molecule has 0 saturated heterocycles. The molecule has 33 heavy (non-hydrogen) atoms. The first-order valence-corrected chi connectivity index (χ1v) is 10.2. The summed E-state index contributed by atoms with van der Waals surface area (Å²) in [6.45, 7) is 1.94. The van der Waals surface area contributed by atoms with Crippen LogP contribution in [0.3, 0.4) is 0 Å². The Kier molecular flexibility index (Phi) is 5.85. The Morgan fingerprint density at radius 2 is 2.09 bits per heavy atom. The van der Waals surface area contributed by atoms with Crippen molar-refractivity contribution in [2.75, 3.05) is 38.0 Å². The first-order valence-electron chi connectivity index (χ1n) is 10.2. The Hall–Kier alpha value is -3.80. The summed E-state index contributed by atoms with van der Waals surface area (Å²) in [6, 6.07) is 3.88. The number of halogens is 1. The first kappa shape index (κ1) is 22.4. The van der Waals surface area contributed by atoms with Crippen LogP contribution in [0.4, 0.5) is 16.0 Å². The average Bonchev–Trinajstić information content (AvgIpc) is 3.36. The van der Waals surface area contributed by atoms with E-state index in [9.17, 15) is 18.8 Å². The molecule has 0 saturated carbocycles. The van der Waals surface area contributed by atoms with Crippen LogP contribution in [0, 0.1) is 5.82 Å². The van der Waals surface area contributed by atoms with Crippen molar-refractivity contribution in [3.05, 3.63) is 51.8 Å². The van der Waals surface area contributed by atoms with Crippen molar-refractivity contribution in [2.24, 2.45) is 0 Å². The third-order valence-electron chi connectivity index (χ3n) is 5.45. The van der Waals surface area contributed by atoms with Gasteiger partial charge in [0.15, 0.2) is 5.82 Å². The Labute approximate surface area is 188 Å². The minimum atomic E-state index is -0.528. The van der Waals surface area contributed by atoms with Crippen LogP contribution in [0.25, 0.3) is 5.65 Å². The van der Waals surface area contributed by atoms with Crippen LogP contribution in [-0.2, 0) is 22.6 Å². The molecule has 174 valence electrons. The van der Waals surface area contributed by atoms with Gasteiger partial charge in [0.2, 0.25) is 5.91 Å². The molecule has 11 nitrogen and oxygen atoms in total. The molecule has 0 fully saturated rings. The van der Waals surface area contributed by atoms with E-state index < -0.39 is 17.3 Å². The molecular formula is C21H24FN7O4. The maximum Gasteiger partial charge on any atom is 0.280 e. The van der Waals surface area contributed by atoms with Gasteiger partial charge in [-0.2, -0.15) is 4.52 Å². The summed E-state index contributed by atoms with van der Waals surface area (Å²) < 4.78 is 21.0. The molecule has 1 aliphatic heterocycles. The number of methoxy groups -OCH3 is 1. The summed E-state index contributed by atoms with van der Waals surface area (Å²) in [5.41, 5.74) is 0.295. The largest absolute Gasteiger partial charge is 0.383 e. The van der Waals surface area contributed by atoms with E-state index in [1.807, 2.05) is 6.92 Å². The van der Waals surface area contributed by atoms with Gasteiger partial charge in [0, 0.05) is 27.3 Å². The molecule has 0 spiro atoms. The van der Waals surface area contributed by atoms with Gasteiger partial charge in [0.25, 0.3) is 11.5 Å². The van der Waals surface area contributed by atoms with Gasteiger partial charge in [-0.1, -0.05) is 0 Å². The predicted molar refractivity (Wildman–Crippen MR) is 118 cm³/mol. The van der Waals surface area contributed by atoms with Crippen molar-refractivity contribution in [1.82, 2.24) is 24.1 Å². The van der Waals surface area contributed by atoms with Gasteiger partial charge in [-0.05, 0) is 19.1 Å². The molecule has 0 unspecified atom stereocenters. The number of hydrogen-bond donors (Lipinski definition) is 1. The van der Waals surface area contributed by atoms with Gasteiger partial charge in [0.05, 0.1) is 31.0 Å². The van der Waals surface area contributed by atoms with Crippen LogP contribution in [0.5, 0.6) is 0 Å². The maximum atomic E-state index is 13.3. The van der Waals surface area contributed by atoms with Gasteiger partial charge in [-0.3, -0.25) is 14.4 Å². The molecule has 3 aromatic heterocycles. The van der Waals surface area contributed by atoms with Crippen molar-refractivity contribution < 1.29 is 18.7 Å². The number of ether oxygens (including phenoxy) is 1. The fraction of sp³-hybridized carbons (Fsp3) is 0.381. The molecule has 0 aliphatic carbocycles. The third-order valence-corrected chi connectivity index (χ3v) is 5.45. The second-order valence-corrected chi connectivity index (χ2v) is 8.03. The van der Waals surface area contributed by atoms with Crippen LogP contribution in [0.2, 0.25) is 0 Å². The molecule has 1 N–H and O–H groups in total. The Bertz CT molecular complexity index is 1280. The summed E-state index contributed by atoms with van der Waals surface area (Å²) in [6.07, 6.45) is 0.990. The fourth-order valence-corrected chi connectivity index (χ4v) is 3.81. The van der Waals surface area contributed by atoms with Crippen molar-refractivity contribution in [2.45, 2.75) is 26.1 Å². The van der Waals surface area contributed by atoms with Gasteiger partial charge in [0.1, 0.15) is 29.5 Å². The predicted octanol–water partition coefficient (Wildman–Crippen LogP) is 0.725. The highest BCUT2D eigenvalue weighted by Gasteiger charge is 2.37. The number of carbonyl (C=O) groups excluding carboxylic acids is 2. The molecule has 12 heteroatoms. The SMILES string of the molecule is COC[C@H](C)N1Cc2c(n(CC(=O)Nc3ccc(F)cn3)c3cc(N(C)C)nn3c2=O)C1=O. The standard InChI is InChI=1S/C21H24FN7O4/c1-12(11-33-4)27-9-14-19(21(27)32)28(10-17(30)24-15-6-5-13(22)8-23-15)18-7-16(26(2)3)25-29(18)20(14)31/h5-8,12H,9-11H2,1-4H3,(H,23,24,30)/t12-/m0/s1. The molecule has 4 heterocycles. The van der Waals surface area contributed by atoms with E-state index in [0.29, 0.717) is 18.1 Å². The Morgan fingerprint density at radius 1 is 1.33 bits per heavy atom. The molecule has 0 aromatic carbocycles. The minimum Gasteiger partial charge on any atom is -0.383 e. The summed E-state index contributed by atoms with van der Waals surface area (Å²) >= 11 is 0. The zero-order valence-corrected chi connectivity index (χ0v) is 18.7. The van der Waals surface area contributed by atoms with Crippen molar-refractivity contribution in [1.29, 1.82) is 0 Å². The average molecular weight is 457 g/mol. The lowest BCUT2D eigenvalue weighted by molar-refractivity contribution is -0.116. The molecule has 1 atom stereocenters. The summed E-state index contributed by atoms with van der Waals surface area (Å²) in [4.78, 5) is 46.5. The highest BCUT2D eigenvalue weighted by atomic mass is 19.1. The lowest BCUT2D eigenvalue weighted by Crippen LogP contribution is -2.37. The van der Waals surface area contributed by atoms with E-state index in [0.717, 1.165) is 6.20 Å². The number of aromatic nitrogens is 4. The number of anilines is 2. The van der Waals surface area contributed by atoms with Crippen LogP contribution >= 0.6 is 0 Å². The van der Waals surface area contributed by atoms with Gasteiger partial charge in [-0.15, -0.1) is 5.10 Å². The molecule has 3 aromatic rings. The van der Waals surface area contributed by atoms with E-state index >= 15 is 0 Å². The monoisotopic (exact) mass is 457 g/mol. The summed E-state index contributed by atoms with van der Waals surface area (Å²) in [5, 5.41) is 6.94. The number of fused-ring (bicyclic) bond motifs is 2. The number of carbonyl (C=O) groups is 2. The molecule has 1 aliphatic rings. The molecule has 4 rings (SSSR count). The van der Waals surface area contributed by atoms with E-state index in [4.69, 9.17) is 4.74 Å². The van der Waals surface area contributed by atoms with Crippen LogP contribution in [0.1, 0.15) is 23.0 Å². The third kappa shape index (κ3) is 4.04. The normalized spacial score (nSPS) is 14.0. The summed E-state index contributed by atoms with van der Waals surface area (Å²) in [5.74, 6) is -0.721. The number of amides is 2. The van der Waals surface area contributed by atoms with Crippen molar-refractivity contribution in [3.8, 4) is 0 Å². The lowest BCUT2D eigenvalue weighted by atomic mass is 10.2. The smallest absolute Gasteiger partial charge is 0.280 e. The number of nitrogens with one attached hydrogen (secondary N) is 1. The topological polar surface area (TPSA) is 114 Å².